The molecular formula is C22H23N3O3. The number of para-hydroxylation sites is 1. The van der Waals surface area contributed by atoms with Gasteiger partial charge >= 0.3 is 0 Å². The molecule has 6 heteroatoms. The van der Waals surface area contributed by atoms with Gasteiger partial charge in [0, 0.05) is 17.1 Å². The summed E-state index contributed by atoms with van der Waals surface area (Å²) in [5.41, 5.74) is 9.44. The van der Waals surface area contributed by atoms with Gasteiger partial charge in [0.15, 0.2) is 0 Å². The number of benzene rings is 2. The Hall–Kier alpha value is -3.54. The van der Waals surface area contributed by atoms with E-state index in [0.29, 0.717) is 16.9 Å². The summed E-state index contributed by atoms with van der Waals surface area (Å²) in [5.74, 6) is -0.374. The first-order valence-corrected chi connectivity index (χ1v) is 8.92. The summed E-state index contributed by atoms with van der Waals surface area (Å²) in [7, 11) is 1.50. The van der Waals surface area contributed by atoms with Crippen molar-refractivity contribution in [2.24, 2.45) is 0 Å². The van der Waals surface area contributed by atoms with Crippen LogP contribution < -0.4 is 15.6 Å². The zero-order valence-corrected chi connectivity index (χ0v) is 16.4. The standard InChI is InChI=1S/C22H23N3O3/c1-14-10-11-20(28-4)19(12-14)22(27)24-23-21(26)18-13-15(2)25(16(18)3)17-8-6-5-7-9-17/h5-13H,1-4H3,(H,23,26)(H,24,27). The maximum absolute atomic E-state index is 12.6. The number of amides is 2. The minimum Gasteiger partial charge on any atom is -0.496 e. The summed E-state index contributed by atoms with van der Waals surface area (Å²) < 4.78 is 7.22. The van der Waals surface area contributed by atoms with E-state index in [1.807, 2.05) is 61.7 Å². The number of hydrogen-bond donors (Lipinski definition) is 2. The van der Waals surface area contributed by atoms with Crippen LogP contribution in [0.4, 0.5) is 0 Å². The molecule has 0 aliphatic carbocycles. The maximum Gasteiger partial charge on any atom is 0.273 e. The second kappa shape index (κ2) is 8.00. The molecule has 0 unspecified atom stereocenters. The third kappa shape index (κ3) is 3.76. The SMILES string of the molecule is COc1ccc(C)cc1C(=O)NNC(=O)c1cc(C)n(-c2ccccc2)c1C. The minimum absolute atomic E-state index is 0.359. The number of carbonyl (C=O) groups is 2. The van der Waals surface area contributed by atoms with Crippen molar-refractivity contribution in [2.75, 3.05) is 7.11 Å². The molecule has 0 spiro atoms. The topological polar surface area (TPSA) is 72.4 Å². The van der Waals surface area contributed by atoms with Crippen molar-refractivity contribution in [3.63, 3.8) is 0 Å². The Bertz CT molecular complexity index is 1020. The highest BCUT2D eigenvalue weighted by molar-refractivity contribution is 6.01. The maximum atomic E-state index is 12.6. The first-order chi connectivity index (χ1) is 13.4. The van der Waals surface area contributed by atoms with Crippen LogP contribution in [0.25, 0.3) is 5.69 Å². The smallest absolute Gasteiger partial charge is 0.273 e. The quantitative estimate of drug-likeness (QED) is 0.684. The normalized spacial score (nSPS) is 10.4. The molecule has 0 bridgehead atoms. The number of ether oxygens (including phenoxy) is 1. The summed E-state index contributed by atoms with van der Waals surface area (Å²) in [5, 5.41) is 0. The number of carbonyl (C=O) groups excluding carboxylic acids is 2. The predicted octanol–water partition coefficient (Wildman–Crippen LogP) is 3.49. The molecule has 144 valence electrons. The number of hydrazine groups is 1. The minimum atomic E-state index is -0.439. The molecule has 0 saturated heterocycles. The highest BCUT2D eigenvalue weighted by Gasteiger charge is 2.18. The van der Waals surface area contributed by atoms with Gasteiger partial charge in [-0.1, -0.05) is 29.8 Å². The van der Waals surface area contributed by atoms with E-state index in [1.165, 1.54) is 7.11 Å². The molecule has 0 radical (unpaired) electrons. The van der Waals surface area contributed by atoms with Crippen molar-refractivity contribution in [3.8, 4) is 11.4 Å². The van der Waals surface area contributed by atoms with E-state index in [9.17, 15) is 9.59 Å². The monoisotopic (exact) mass is 377 g/mol. The van der Waals surface area contributed by atoms with Crippen LogP contribution in [0.1, 0.15) is 37.7 Å². The summed E-state index contributed by atoms with van der Waals surface area (Å²) >= 11 is 0. The molecule has 6 nitrogen and oxygen atoms in total. The first kappa shape index (κ1) is 19.2. The molecule has 0 aliphatic rings. The van der Waals surface area contributed by atoms with Gasteiger partial charge in [-0.05, 0) is 51.1 Å². The van der Waals surface area contributed by atoms with Gasteiger partial charge in [-0.25, -0.2) is 0 Å². The van der Waals surface area contributed by atoms with Crippen LogP contribution in [0.5, 0.6) is 5.75 Å². The predicted molar refractivity (Wildman–Crippen MR) is 108 cm³/mol. The molecule has 0 aliphatic heterocycles. The molecule has 0 fully saturated rings. The second-order valence-corrected chi connectivity index (χ2v) is 6.57. The van der Waals surface area contributed by atoms with E-state index in [0.717, 1.165) is 22.6 Å². The van der Waals surface area contributed by atoms with E-state index in [4.69, 9.17) is 4.74 Å². The summed E-state index contributed by atoms with van der Waals surface area (Å²) in [6, 6.07) is 16.9. The number of aryl methyl sites for hydroxylation is 2. The zero-order valence-electron chi connectivity index (χ0n) is 16.4. The Kier molecular flexibility index (Phi) is 5.49. The lowest BCUT2D eigenvalue weighted by Gasteiger charge is -2.12. The molecule has 2 aromatic carbocycles. The number of nitrogens with one attached hydrogen (secondary N) is 2. The molecule has 1 aromatic heterocycles. The highest BCUT2D eigenvalue weighted by Crippen LogP contribution is 2.21. The van der Waals surface area contributed by atoms with Crippen molar-refractivity contribution in [1.29, 1.82) is 0 Å². The lowest BCUT2D eigenvalue weighted by Crippen LogP contribution is -2.41. The molecule has 1 heterocycles. The number of rotatable bonds is 4. The van der Waals surface area contributed by atoms with Crippen LogP contribution in [0.2, 0.25) is 0 Å². The largest absolute Gasteiger partial charge is 0.496 e. The number of methoxy groups -OCH3 is 1. The first-order valence-electron chi connectivity index (χ1n) is 8.92. The molecule has 2 N–H and O–H groups in total. The van der Waals surface area contributed by atoms with E-state index in [-0.39, 0.29) is 5.91 Å². The molecule has 3 aromatic rings. The van der Waals surface area contributed by atoms with Crippen LogP contribution in [0, 0.1) is 20.8 Å². The van der Waals surface area contributed by atoms with Crippen molar-refractivity contribution >= 4 is 11.8 Å². The van der Waals surface area contributed by atoms with Crippen LogP contribution in [0.3, 0.4) is 0 Å². The summed E-state index contributed by atoms with van der Waals surface area (Å²) in [6.07, 6.45) is 0. The fourth-order valence-electron chi connectivity index (χ4n) is 3.21. The van der Waals surface area contributed by atoms with Gasteiger partial charge in [0.05, 0.1) is 18.2 Å². The number of nitrogens with zero attached hydrogens (tertiary/aromatic N) is 1. The zero-order chi connectivity index (χ0) is 20.3. The van der Waals surface area contributed by atoms with Crippen molar-refractivity contribution in [1.82, 2.24) is 15.4 Å². The fourth-order valence-corrected chi connectivity index (χ4v) is 3.21. The van der Waals surface area contributed by atoms with Crippen LogP contribution in [0.15, 0.2) is 54.6 Å². The van der Waals surface area contributed by atoms with Crippen LogP contribution in [-0.4, -0.2) is 23.5 Å². The third-order valence-electron chi connectivity index (χ3n) is 4.58. The summed E-state index contributed by atoms with van der Waals surface area (Å²) in [4.78, 5) is 25.1. The van der Waals surface area contributed by atoms with Gasteiger partial charge < -0.3 is 9.30 Å². The molecule has 0 atom stereocenters. The average Bonchev–Trinajstić information content (AvgIpc) is 3.00. The molecule has 3 rings (SSSR count). The van der Waals surface area contributed by atoms with E-state index in [1.54, 1.807) is 18.2 Å². The second-order valence-electron chi connectivity index (χ2n) is 6.57. The number of aromatic nitrogens is 1. The lowest BCUT2D eigenvalue weighted by molar-refractivity contribution is 0.0844. The Labute approximate surface area is 164 Å². The Balaban J connectivity index is 1.78. The van der Waals surface area contributed by atoms with Crippen molar-refractivity contribution in [3.05, 3.63) is 82.7 Å². The van der Waals surface area contributed by atoms with Crippen molar-refractivity contribution < 1.29 is 14.3 Å². The Morgan fingerprint density at radius 1 is 0.857 bits per heavy atom. The van der Waals surface area contributed by atoms with Crippen molar-refractivity contribution in [2.45, 2.75) is 20.8 Å². The van der Waals surface area contributed by atoms with Gasteiger partial charge in [0.25, 0.3) is 11.8 Å². The van der Waals surface area contributed by atoms with Gasteiger partial charge in [0.2, 0.25) is 0 Å². The Morgan fingerprint density at radius 3 is 2.14 bits per heavy atom. The van der Waals surface area contributed by atoms with Crippen LogP contribution in [-0.2, 0) is 0 Å². The van der Waals surface area contributed by atoms with Gasteiger partial charge in [-0.3, -0.25) is 20.4 Å². The highest BCUT2D eigenvalue weighted by atomic mass is 16.5. The lowest BCUT2D eigenvalue weighted by atomic mass is 10.1. The number of hydrogen-bond acceptors (Lipinski definition) is 3. The van der Waals surface area contributed by atoms with E-state index < -0.39 is 5.91 Å². The van der Waals surface area contributed by atoms with Gasteiger partial charge in [0.1, 0.15) is 5.75 Å². The molecule has 28 heavy (non-hydrogen) atoms. The molecule has 2 amide bonds. The van der Waals surface area contributed by atoms with E-state index in [2.05, 4.69) is 10.9 Å². The molecular weight excluding hydrogens is 354 g/mol. The Morgan fingerprint density at radius 2 is 1.50 bits per heavy atom. The average molecular weight is 377 g/mol. The van der Waals surface area contributed by atoms with Crippen LogP contribution >= 0.6 is 0 Å². The molecule has 0 saturated carbocycles. The van der Waals surface area contributed by atoms with E-state index >= 15 is 0 Å². The van der Waals surface area contributed by atoms with Gasteiger partial charge in [-0.15, -0.1) is 0 Å². The summed E-state index contributed by atoms with van der Waals surface area (Å²) in [6.45, 7) is 5.69. The fraction of sp³-hybridized carbons (Fsp3) is 0.182. The van der Waals surface area contributed by atoms with Gasteiger partial charge in [-0.2, -0.15) is 0 Å². The third-order valence-corrected chi connectivity index (χ3v) is 4.58.